The number of benzene rings is 9. The normalized spacial score (nSPS) is 11.5. The topological polar surface area (TPSA) is 16.4 Å². The van der Waals surface area contributed by atoms with Gasteiger partial charge in [0.1, 0.15) is 11.2 Å². The predicted octanol–water partition coefficient (Wildman–Crippen LogP) is 15.6. The van der Waals surface area contributed by atoms with Crippen molar-refractivity contribution in [2.75, 3.05) is 4.90 Å². The van der Waals surface area contributed by atoms with Gasteiger partial charge in [0.25, 0.3) is 0 Å². The summed E-state index contributed by atoms with van der Waals surface area (Å²) in [7, 11) is 0. The van der Waals surface area contributed by atoms with Crippen LogP contribution < -0.4 is 4.90 Å². The molecule has 1 aromatic heterocycles. The Bertz CT molecular complexity index is 2890. The fourth-order valence-corrected chi connectivity index (χ4v) is 7.71. The predicted molar refractivity (Wildman–Crippen MR) is 230 cm³/mol. The van der Waals surface area contributed by atoms with E-state index in [9.17, 15) is 0 Å². The van der Waals surface area contributed by atoms with Gasteiger partial charge in [-0.25, -0.2) is 0 Å². The van der Waals surface area contributed by atoms with Crippen LogP contribution in [0.2, 0.25) is 0 Å². The maximum atomic E-state index is 6.41. The molecule has 10 aromatic rings. The number of nitrogens with zero attached hydrogens (tertiary/aromatic N) is 1. The fourth-order valence-electron chi connectivity index (χ4n) is 7.71. The van der Waals surface area contributed by atoms with Crippen LogP contribution in [0, 0.1) is 0 Å². The summed E-state index contributed by atoms with van der Waals surface area (Å²) in [6, 6.07) is 71.7. The summed E-state index contributed by atoms with van der Waals surface area (Å²) >= 11 is 0. The van der Waals surface area contributed by atoms with Crippen molar-refractivity contribution in [2.45, 2.75) is 0 Å². The lowest BCUT2D eigenvalue weighted by Crippen LogP contribution is -2.10. The van der Waals surface area contributed by atoms with Crippen LogP contribution in [0.4, 0.5) is 17.1 Å². The zero-order valence-corrected chi connectivity index (χ0v) is 28.4. The highest BCUT2D eigenvalue weighted by molar-refractivity contribution is 6.15. The highest BCUT2D eigenvalue weighted by atomic mass is 16.3. The third-order valence-electron chi connectivity index (χ3n) is 10.3. The van der Waals surface area contributed by atoms with Crippen molar-refractivity contribution in [1.29, 1.82) is 0 Å². The molecular formula is C50H43NO. The van der Waals surface area contributed by atoms with Gasteiger partial charge in [-0.2, -0.15) is 0 Å². The van der Waals surface area contributed by atoms with Crippen molar-refractivity contribution in [3.8, 4) is 33.4 Å². The molecule has 1 heterocycles. The smallest absolute Gasteiger partial charge is 0.143 e. The minimum atomic E-state index is 0. The van der Waals surface area contributed by atoms with Gasteiger partial charge in [-0.3, -0.25) is 0 Å². The van der Waals surface area contributed by atoms with Crippen molar-refractivity contribution >= 4 is 60.5 Å². The Balaban J connectivity index is 0.00000124. The summed E-state index contributed by atoms with van der Waals surface area (Å²) in [5, 5.41) is 7.19. The minimum absolute atomic E-state index is 0. The first-order valence-electron chi connectivity index (χ1n) is 17.8. The number of rotatable bonds is 6. The number of hydrogen-bond donors (Lipinski definition) is 0. The van der Waals surface area contributed by atoms with Crippen LogP contribution >= 0.6 is 0 Å². The molecule has 254 valence electrons. The van der Waals surface area contributed by atoms with Crippen molar-refractivity contribution < 1.29 is 11.6 Å². The highest BCUT2D eigenvalue weighted by Gasteiger charge is 2.18. The van der Waals surface area contributed by atoms with Crippen LogP contribution in [0.5, 0.6) is 0 Å². The molecule has 0 saturated heterocycles. The molecule has 0 spiro atoms. The van der Waals surface area contributed by atoms with Gasteiger partial charge in [-0.15, -0.1) is 0 Å². The van der Waals surface area contributed by atoms with Crippen LogP contribution in [0.1, 0.15) is 7.13 Å². The first-order valence-corrected chi connectivity index (χ1v) is 17.8. The molecule has 0 aliphatic heterocycles. The Hall–Kier alpha value is -6.90. The summed E-state index contributed by atoms with van der Waals surface area (Å²) in [6.07, 6.45) is 0. The van der Waals surface area contributed by atoms with Gasteiger partial charge in [0, 0.05) is 40.2 Å². The lowest BCUT2D eigenvalue weighted by atomic mass is 9.98. The maximum Gasteiger partial charge on any atom is 0.143 e. The van der Waals surface area contributed by atoms with Crippen LogP contribution in [-0.4, -0.2) is 0 Å². The second kappa shape index (κ2) is 12.5. The second-order valence-corrected chi connectivity index (χ2v) is 13.3. The van der Waals surface area contributed by atoms with Gasteiger partial charge in [0.2, 0.25) is 0 Å². The monoisotopic (exact) mass is 673 g/mol. The maximum absolute atomic E-state index is 6.41. The summed E-state index contributed by atoms with van der Waals surface area (Å²) < 4.78 is 6.41. The average Bonchev–Trinajstić information content (AvgIpc) is 3.61. The second-order valence-electron chi connectivity index (χ2n) is 13.3. The van der Waals surface area contributed by atoms with E-state index in [0.717, 1.165) is 50.1 Å². The quantitative estimate of drug-likeness (QED) is 0.163. The number of furan rings is 1. The summed E-state index contributed by atoms with van der Waals surface area (Å²) in [5.41, 5.74) is 12.2. The van der Waals surface area contributed by atoms with Gasteiger partial charge in [0.15, 0.2) is 0 Å². The zero-order valence-electron chi connectivity index (χ0n) is 28.4. The molecule has 2 nitrogen and oxygen atoms in total. The zero-order chi connectivity index (χ0) is 34.4. The van der Waals surface area contributed by atoms with E-state index in [1.165, 1.54) is 43.8 Å². The van der Waals surface area contributed by atoms with Crippen molar-refractivity contribution in [1.82, 2.24) is 0 Å². The summed E-state index contributed by atoms with van der Waals surface area (Å²) in [4.78, 5) is 2.39. The molecule has 0 radical (unpaired) electrons. The fraction of sp³-hybridized carbons (Fsp3) is 0. The molecule has 52 heavy (non-hydrogen) atoms. The van der Waals surface area contributed by atoms with Gasteiger partial charge < -0.3 is 9.32 Å². The lowest BCUT2D eigenvalue weighted by Gasteiger charge is -2.28. The van der Waals surface area contributed by atoms with E-state index >= 15 is 0 Å². The van der Waals surface area contributed by atoms with Crippen molar-refractivity contribution in [2.24, 2.45) is 0 Å². The average molecular weight is 674 g/mol. The molecule has 0 aliphatic rings. The molecule has 0 N–H and O–H groups in total. The molecule has 0 amide bonds. The van der Waals surface area contributed by atoms with Crippen LogP contribution in [0.25, 0.3) is 76.9 Å². The molecule has 0 unspecified atom stereocenters. The number of para-hydroxylation sites is 2. The molecule has 10 rings (SSSR count). The Labute approximate surface area is 309 Å². The third-order valence-corrected chi connectivity index (χ3v) is 10.3. The number of hydrogen-bond acceptors (Lipinski definition) is 2. The largest absolute Gasteiger partial charge is 0.455 e. The first-order chi connectivity index (χ1) is 25.8. The Morgan fingerprint density at radius 3 is 1.60 bits per heavy atom. The summed E-state index contributed by atoms with van der Waals surface area (Å²) in [5.74, 6) is 0. The van der Waals surface area contributed by atoms with E-state index in [-0.39, 0.29) is 7.13 Å². The van der Waals surface area contributed by atoms with E-state index in [0.29, 0.717) is 0 Å². The number of fused-ring (bicyclic) bond motifs is 6. The van der Waals surface area contributed by atoms with E-state index in [4.69, 9.17) is 4.42 Å². The molecule has 0 aliphatic carbocycles. The van der Waals surface area contributed by atoms with E-state index in [1.807, 2.05) is 12.1 Å². The standard InChI is InChI=1S/C50H33NO.5H2/c1-2-10-34(11-3-1)35-20-22-36(23-21-35)37-26-30-41(31-27-37)51(47-18-8-13-40-25-24-38-12-4-5-14-43(38)49(40)47)42-32-28-39(29-33-42)44-16-9-17-46-45-15-6-7-19-48(45)52-50(44)46;;;;;/h1-33H;5*1H. The van der Waals surface area contributed by atoms with Crippen LogP contribution in [0.3, 0.4) is 0 Å². The number of anilines is 3. The van der Waals surface area contributed by atoms with E-state index in [1.54, 1.807) is 0 Å². The minimum Gasteiger partial charge on any atom is -0.455 e. The van der Waals surface area contributed by atoms with Crippen LogP contribution in [0.15, 0.2) is 205 Å². The highest BCUT2D eigenvalue weighted by Crippen LogP contribution is 2.43. The Morgan fingerprint density at radius 2 is 0.865 bits per heavy atom. The van der Waals surface area contributed by atoms with E-state index in [2.05, 4.69) is 193 Å². The van der Waals surface area contributed by atoms with Crippen LogP contribution in [-0.2, 0) is 0 Å². The van der Waals surface area contributed by atoms with Gasteiger partial charge in [0.05, 0.1) is 5.69 Å². The third kappa shape index (κ3) is 5.12. The SMILES string of the molecule is [HH].[HH].[HH].[HH].[HH].c1ccc(-c2ccc(-c3ccc(N(c4ccc(-c5cccc6c5oc5ccccc56)cc4)c4cccc5ccc6ccccc6c45)cc3)cc2)cc1. The van der Waals surface area contributed by atoms with Crippen molar-refractivity contribution in [3.05, 3.63) is 200 Å². The van der Waals surface area contributed by atoms with E-state index < -0.39 is 0 Å². The van der Waals surface area contributed by atoms with Gasteiger partial charge in [-0.1, -0.05) is 164 Å². The van der Waals surface area contributed by atoms with Gasteiger partial charge >= 0.3 is 0 Å². The first kappa shape index (κ1) is 30.0. The molecule has 0 saturated carbocycles. The Kier molecular flexibility index (Phi) is 7.18. The molecular weight excluding hydrogens is 631 g/mol. The summed E-state index contributed by atoms with van der Waals surface area (Å²) in [6.45, 7) is 0. The molecule has 9 aromatic carbocycles. The molecule has 0 atom stereocenters. The molecule has 0 bridgehead atoms. The van der Waals surface area contributed by atoms with Crippen molar-refractivity contribution in [3.63, 3.8) is 0 Å². The Morgan fingerprint density at radius 1 is 0.346 bits per heavy atom. The molecule has 0 fully saturated rings. The molecule has 2 heteroatoms. The van der Waals surface area contributed by atoms with Gasteiger partial charge in [-0.05, 0) is 80.4 Å². The lowest BCUT2D eigenvalue weighted by molar-refractivity contribution is 0.670.